The van der Waals surface area contributed by atoms with Crippen LogP contribution in [0.3, 0.4) is 0 Å². The molecule has 0 amide bonds. The number of halogens is 1. The van der Waals surface area contributed by atoms with E-state index in [2.05, 4.69) is 15.9 Å². The van der Waals surface area contributed by atoms with E-state index in [9.17, 15) is 9.90 Å². The maximum atomic E-state index is 11.6. The number of carbonyl (C=O) groups excluding carboxylic acids is 1. The average Bonchev–Trinajstić information content (AvgIpc) is 2.11. The van der Waals surface area contributed by atoms with Gasteiger partial charge < -0.3 is 9.84 Å². The van der Waals surface area contributed by atoms with Crippen LogP contribution in [0, 0.1) is 5.41 Å². The molecule has 0 bridgehead atoms. The molecule has 1 rings (SSSR count). The Morgan fingerprint density at radius 3 is 2.53 bits per heavy atom. The summed E-state index contributed by atoms with van der Waals surface area (Å²) in [5.41, 5.74) is -0.501. The molecule has 0 radical (unpaired) electrons. The number of hydrogen-bond donors (Lipinski definition) is 1. The van der Waals surface area contributed by atoms with Gasteiger partial charge in [-0.05, 0) is 40.0 Å². The monoisotopic (exact) mass is 278 g/mol. The lowest BCUT2D eigenvalue weighted by atomic mass is 9.93. The molecular weight excluding hydrogens is 260 g/mol. The fourth-order valence-electron chi connectivity index (χ4n) is 1.53. The first-order chi connectivity index (χ1) is 6.82. The molecule has 0 aliphatic heterocycles. The van der Waals surface area contributed by atoms with E-state index in [0.29, 0.717) is 0 Å². The van der Waals surface area contributed by atoms with Crippen LogP contribution in [0.1, 0.15) is 40.0 Å². The van der Waals surface area contributed by atoms with Gasteiger partial charge >= 0.3 is 5.97 Å². The molecule has 0 aromatic heterocycles. The standard InChI is InChI=1S/C11H19BrO3/c1-11(2,3)10(14)15-8-6-4-5-7(12)9(8)13/h7-9,13H,4-6H2,1-3H3/t7-,8-,9+/m1/s1. The largest absolute Gasteiger partial charge is 0.459 e. The summed E-state index contributed by atoms with van der Waals surface area (Å²) in [7, 11) is 0. The molecule has 0 aromatic rings. The molecular formula is C11H19BrO3. The Labute approximate surface area is 99.3 Å². The second-order valence-corrected chi connectivity index (χ2v) is 6.31. The van der Waals surface area contributed by atoms with Crippen molar-refractivity contribution in [2.24, 2.45) is 5.41 Å². The molecule has 1 N–H and O–H groups in total. The summed E-state index contributed by atoms with van der Waals surface area (Å²) in [6, 6.07) is 0. The number of rotatable bonds is 1. The van der Waals surface area contributed by atoms with Gasteiger partial charge in [-0.1, -0.05) is 15.9 Å². The summed E-state index contributed by atoms with van der Waals surface area (Å²) in [6.45, 7) is 5.45. The Morgan fingerprint density at radius 2 is 2.00 bits per heavy atom. The zero-order valence-corrected chi connectivity index (χ0v) is 11.1. The van der Waals surface area contributed by atoms with Gasteiger partial charge in [0, 0.05) is 4.83 Å². The lowest BCUT2D eigenvalue weighted by Crippen LogP contribution is -2.42. The SMILES string of the molecule is CC(C)(C)C(=O)O[C@@H]1CCC[C@@H](Br)[C@@H]1O. The van der Waals surface area contributed by atoms with Crippen molar-refractivity contribution in [2.45, 2.75) is 57.1 Å². The fourth-order valence-corrected chi connectivity index (χ4v) is 2.20. The van der Waals surface area contributed by atoms with Crippen molar-refractivity contribution < 1.29 is 14.6 Å². The molecule has 1 saturated carbocycles. The third-order valence-electron chi connectivity index (χ3n) is 2.59. The quantitative estimate of drug-likeness (QED) is 0.591. The lowest BCUT2D eigenvalue weighted by Gasteiger charge is -2.32. The van der Waals surface area contributed by atoms with Crippen LogP contribution in [-0.4, -0.2) is 28.1 Å². The minimum absolute atomic E-state index is 0.0454. The van der Waals surface area contributed by atoms with Crippen LogP contribution in [0.4, 0.5) is 0 Å². The van der Waals surface area contributed by atoms with Crippen LogP contribution in [0.15, 0.2) is 0 Å². The Kier molecular flexibility index (Phi) is 4.18. The minimum atomic E-state index is -0.579. The van der Waals surface area contributed by atoms with Gasteiger partial charge in [0.05, 0.1) is 5.41 Å². The highest BCUT2D eigenvalue weighted by Crippen LogP contribution is 2.28. The highest BCUT2D eigenvalue weighted by Gasteiger charge is 2.35. The Balaban J connectivity index is 2.54. The molecule has 0 unspecified atom stereocenters. The Morgan fingerprint density at radius 1 is 1.40 bits per heavy atom. The minimum Gasteiger partial charge on any atom is -0.459 e. The molecule has 88 valence electrons. The molecule has 15 heavy (non-hydrogen) atoms. The summed E-state index contributed by atoms with van der Waals surface area (Å²) >= 11 is 3.39. The molecule has 3 nitrogen and oxygen atoms in total. The normalized spacial score (nSPS) is 32.5. The highest BCUT2D eigenvalue weighted by atomic mass is 79.9. The molecule has 0 spiro atoms. The van der Waals surface area contributed by atoms with Gasteiger partial charge in [-0.15, -0.1) is 0 Å². The van der Waals surface area contributed by atoms with Crippen molar-refractivity contribution in [3.63, 3.8) is 0 Å². The van der Waals surface area contributed by atoms with Gasteiger partial charge in [-0.2, -0.15) is 0 Å². The van der Waals surface area contributed by atoms with Crippen molar-refractivity contribution in [2.75, 3.05) is 0 Å². The van der Waals surface area contributed by atoms with Crippen LogP contribution >= 0.6 is 15.9 Å². The molecule has 1 aliphatic carbocycles. The predicted molar refractivity (Wildman–Crippen MR) is 61.9 cm³/mol. The Bertz CT molecular complexity index is 234. The average molecular weight is 279 g/mol. The van der Waals surface area contributed by atoms with Crippen LogP contribution < -0.4 is 0 Å². The second-order valence-electron chi connectivity index (χ2n) is 5.13. The van der Waals surface area contributed by atoms with Crippen LogP contribution in [0.25, 0.3) is 0 Å². The van der Waals surface area contributed by atoms with Crippen molar-refractivity contribution in [1.29, 1.82) is 0 Å². The summed E-state index contributed by atoms with van der Waals surface area (Å²) < 4.78 is 5.32. The van der Waals surface area contributed by atoms with Crippen molar-refractivity contribution in [1.82, 2.24) is 0 Å². The second kappa shape index (κ2) is 4.83. The van der Waals surface area contributed by atoms with Crippen LogP contribution in [0.2, 0.25) is 0 Å². The van der Waals surface area contributed by atoms with Crippen molar-refractivity contribution in [3.05, 3.63) is 0 Å². The van der Waals surface area contributed by atoms with Crippen LogP contribution in [0.5, 0.6) is 0 Å². The molecule has 1 fully saturated rings. The van der Waals surface area contributed by atoms with Gasteiger partial charge in [-0.3, -0.25) is 4.79 Å². The number of alkyl halides is 1. The van der Waals surface area contributed by atoms with E-state index >= 15 is 0 Å². The van der Waals surface area contributed by atoms with E-state index < -0.39 is 11.5 Å². The molecule has 4 heteroatoms. The number of aliphatic hydroxyl groups excluding tert-OH is 1. The lowest BCUT2D eigenvalue weighted by molar-refractivity contribution is -0.166. The van der Waals surface area contributed by atoms with Gasteiger partial charge in [0.2, 0.25) is 0 Å². The third kappa shape index (κ3) is 3.45. The van der Waals surface area contributed by atoms with E-state index in [1.807, 2.05) is 20.8 Å². The van der Waals surface area contributed by atoms with E-state index in [1.54, 1.807) is 0 Å². The maximum absolute atomic E-state index is 11.6. The van der Waals surface area contributed by atoms with Gasteiger partial charge in [-0.25, -0.2) is 0 Å². The molecule has 1 aliphatic rings. The van der Waals surface area contributed by atoms with Crippen molar-refractivity contribution in [3.8, 4) is 0 Å². The smallest absolute Gasteiger partial charge is 0.311 e. The third-order valence-corrected chi connectivity index (χ3v) is 3.59. The predicted octanol–water partition coefficient (Wildman–Crippen LogP) is 2.25. The summed E-state index contributed by atoms with van der Waals surface area (Å²) in [6.07, 6.45) is 1.74. The molecule has 0 heterocycles. The topological polar surface area (TPSA) is 46.5 Å². The number of ether oxygens (including phenoxy) is 1. The van der Waals surface area contributed by atoms with E-state index in [4.69, 9.17) is 4.74 Å². The Hall–Kier alpha value is -0.0900. The summed E-state index contributed by atoms with van der Waals surface area (Å²) in [5.74, 6) is -0.242. The first kappa shape index (κ1) is 13.0. The maximum Gasteiger partial charge on any atom is 0.311 e. The van der Waals surface area contributed by atoms with Gasteiger partial charge in [0.25, 0.3) is 0 Å². The first-order valence-corrected chi connectivity index (χ1v) is 6.27. The first-order valence-electron chi connectivity index (χ1n) is 5.35. The number of aliphatic hydroxyl groups is 1. The van der Waals surface area contributed by atoms with E-state index in [0.717, 1.165) is 19.3 Å². The van der Waals surface area contributed by atoms with Crippen LogP contribution in [-0.2, 0) is 9.53 Å². The van der Waals surface area contributed by atoms with Gasteiger partial charge in [0.15, 0.2) is 0 Å². The van der Waals surface area contributed by atoms with Crippen molar-refractivity contribution >= 4 is 21.9 Å². The zero-order valence-electron chi connectivity index (χ0n) is 9.50. The molecule has 0 saturated heterocycles. The zero-order chi connectivity index (χ0) is 11.6. The molecule has 3 atom stereocenters. The number of carbonyl (C=O) groups is 1. The number of esters is 1. The number of hydrogen-bond acceptors (Lipinski definition) is 3. The van der Waals surface area contributed by atoms with Gasteiger partial charge in [0.1, 0.15) is 12.2 Å². The fraction of sp³-hybridized carbons (Fsp3) is 0.909. The van der Waals surface area contributed by atoms with E-state index in [1.165, 1.54) is 0 Å². The molecule has 0 aromatic carbocycles. The summed E-state index contributed by atoms with van der Waals surface area (Å²) in [4.78, 5) is 11.7. The highest BCUT2D eigenvalue weighted by molar-refractivity contribution is 9.09. The summed E-state index contributed by atoms with van der Waals surface area (Å²) in [5, 5.41) is 9.83. The van der Waals surface area contributed by atoms with E-state index in [-0.39, 0.29) is 16.9 Å².